The number of hydrogen-bond acceptors (Lipinski definition) is 2. The summed E-state index contributed by atoms with van der Waals surface area (Å²) in [5, 5.41) is 0. The van der Waals surface area contributed by atoms with Gasteiger partial charge in [-0.3, -0.25) is 4.79 Å². The van der Waals surface area contributed by atoms with Crippen molar-refractivity contribution >= 4 is 17.6 Å². The number of amides is 3. The van der Waals surface area contributed by atoms with Gasteiger partial charge in [0.2, 0.25) is 0 Å². The van der Waals surface area contributed by atoms with Gasteiger partial charge < -0.3 is 4.90 Å². The van der Waals surface area contributed by atoms with Crippen molar-refractivity contribution in [2.24, 2.45) is 0 Å². The molecule has 0 unspecified atom stereocenters. The van der Waals surface area contributed by atoms with Gasteiger partial charge in [0.25, 0.3) is 5.91 Å². The second kappa shape index (κ2) is 5.03. The molecule has 4 nitrogen and oxygen atoms in total. The summed E-state index contributed by atoms with van der Waals surface area (Å²) in [4.78, 5) is 27.4. The van der Waals surface area contributed by atoms with Crippen molar-refractivity contribution < 1.29 is 9.59 Å². The number of rotatable bonds is 3. The van der Waals surface area contributed by atoms with E-state index in [1.54, 1.807) is 4.90 Å². The lowest BCUT2D eigenvalue weighted by molar-refractivity contribution is -0.116. The van der Waals surface area contributed by atoms with Crippen LogP contribution >= 0.6 is 0 Å². The fraction of sp³-hybridized carbons (Fsp3) is 0.467. The normalized spacial score (nSPS) is 15.6. The van der Waals surface area contributed by atoms with Crippen molar-refractivity contribution in [2.45, 2.75) is 34.1 Å². The van der Waals surface area contributed by atoms with E-state index in [1.807, 2.05) is 39.8 Å². The molecule has 1 aromatic carbocycles. The SMILES string of the molecule is CCCN1CC(=O)N(c2c(C)cc(C)cc2C)C1=O. The maximum absolute atomic E-state index is 12.3. The van der Waals surface area contributed by atoms with E-state index in [9.17, 15) is 9.59 Å². The first kappa shape index (κ1) is 13.6. The molecule has 2 rings (SSSR count). The number of hydrogen-bond donors (Lipinski definition) is 0. The lowest BCUT2D eigenvalue weighted by Crippen LogP contribution is -2.34. The first-order chi connectivity index (χ1) is 8.95. The van der Waals surface area contributed by atoms with Crippen LogP contribution in [0.1, 0.15) is 30.0 Å². The van der Waals surface area contributed by atoms with Crippen molar-refractivity contribution in [3.63, 3.8) is 0 Å². The summed E-state index contributed by atoms with van der Waals surface area (Å²) >= 11 is 0. The monoisotopic (exact) mass is 260 g/mol. The molecule has 0 aromatic heterocycles. The van der Waals surface area contributed by atoms with Crippen LogP contribution in [0.5, 0.6) is 0 Å². The molecular weight excluding hydrogens is 240 g/mol. The van der Waals surface area contributed by atoms with Crippen molar-refractivity contribution in [3.8, 4) is 0 Å². The fourth-order valence-electron chi connectivity index (χ4n) is 2.74. The van der Waals surface area contributed by atoms with E-state index < -0.39 is 0 Å². The maximum Gasteiger partial charge on any atom is 0.331 e. The number of imide groups is 1. The van der Waals surface area contributed by atoms with Gasteiger partial charge in [-0.25, -0.2) is 9.69 Å². The molecular formula is C15H20N2O2. The molecule has 1 aliphatic heterocycles. The third-order valence-corrected chi connectivity index (χ3v) is 3.39. The molecule has 1 saturated heterocycles. The Hall–Kier alpha value is -1.84. The first-order valence-electron chi connectivity index (χ1n) is 6.65. The molecule has 0 aliphatic carbocycles. The standard InChI is InChI=1S/C15H20N2O2/c1-5-6-16-9-13(18)17(15(16)19)14-11(3)7-10(2)8-12(14)4/h7-8H,5-6,9H2,1-4H3. The van der Waals surface area contributed by atoms with Crippen LogP contribution in [0.3, 0.4) is 0 Å². The Balaban J connectivity index is 2.42. The van der Waals surface area contributed by atoms with Crippen LogP contribution < -0.4 is 4.90 Å². The highest BCUT2D eigenvalue weighted by Crippen LogP contribution is 2.29. The summed E-state index contributed by atoms with van der Waals surface area (Å²) < 4.78 is 0. The zero-order chi connectivity index (χ0) is 14.2. The zero-order valence-corrected chi connectivity index (χ0v) is 12.0. The molecule has 1 heterocycles. The Labute approximate surface area is 114 Å². The Kier molecular flexibility index (Phi) is 3.60. The molecule has 102 valence electrons. The Bertz CT molecular complexity index is 514. The number of anilines is 1. The molecule has 0 saturated carbocycles. The van der Waals surface area contributed by atoms with Gasteiger partial charge in [0, 0.05) is 6.54 Å². The topological polar surface area (TPSA) is 40.6 Å². The molecule has 1 fully saturated rings. The van der Waals surface area contributed by atoms with Gasteiger partial charge in [0.15, 0.2) is 0 Å². The Morgan fingerprint density at radius 2 is 1.68 bits per heavy atom. The lowest BCUT2D eigenvalue weighted by atomic mass is 10.0. The second-order valence-corrected chi connectivity index (χ2v) is 5.18. The number of carbonyl (C=O) groups excluding carboxylic acids is 2. The van der Waals surface area contributed by atoms with Crippen molar-refractivity contribution in [1.29, 1.82) is 0 Å². The molecule has 0 spiro atoms. The molecule has 1 aliphatic rings. The molecule has 3 amide bonds. The van der Waals surface area contributed by atoms with Gasteiger partial charge in [-0.05, 0) is 38.3 Å². The average Bonchev–Trinajstić information content (AvgIpc) is 2.56. The van der Waals surface area contributed by atoms with Crippen molar-refractivity contribution in [1.82, 2.24) is 4.90 Å². The van der Waals surface area contributed by atoms with Crippen LogP contribution in [0, 0.1) is 20.8 Å². The minimum absolute atomic E-state index is 0.131. The largest absolute Gasteiger partial charge is 0.331 e. The highest BCUT2D eigenvalue weighted by atomic mass is 16.2. The van der Waals surface area contributed by atoms with E-state index >= 15 is 0 Å². The van der Waals surface area contributed by atoms with Crippen LogP contribution in [0.25, 0.3) is 0 Å². The zero-order valence-electron chi connectivity index (χ0n) is 12.0. The fourth-order valence-corrected chi connectivity index (χ4v) is 2.74. The molecule has 0 N–H and O–H groups in total. The van der Waals surface area contributed by atoms with Crippen LogP contribution in [0.15, 0.2) is 12.1 Å². The van der Waals surface area contributed by atoms with Crippen molar-refractivity contribution in [3.05, 3.63) is 28.8 Å². The summed E-state index contributed by atoms with van der Waals surface area (Å²) in [6.45, 7) is 8.73. The number of carbonyl (C=O) groups is 2. The maximum atomic E-state index is 12.3. The molecule has 0 radical (unpaired) electrons. The number of benzene rings is 1. The molecule has 1 aromatic rings. The van der Waals surface area contributed by atoms with E-state index in [1.165, 1.54) is 4.90 Å². The third kappa shape index (κ3) is 2.35. The number of aryl methyl sites for hydroxylation is 3. The predicted molar refractivity (Wildman–Crippen MR) is 75.4 cm³/mol. The first-order valence-corrected chi connectivity index (χ1v) is 6.65. The van der Waals surface area contributed by atoms with E-state index in [-0.39, 0.29) is 18.5 Å². The Morgan fingerprint density at radius 3 is 2.21 bits per heavy atom. The predicted octanol–water partition coefficient (Wildman–Crippen LogP) is 2.79. The summed E-state index contributed by atoms with van der Waals surface area (Å²) in [5.41, 5.74) is 3.83. The van der Waals surface area contributed by atoms with Gasteiger partial charge in [-0.1, -0.05) is 24.6 Å². The van der Waals surface area contributed by atoms with E-state index in [0.717, 1.165) is 28.8 Å². The molecule has 4 heteroatoms. The van der Waals surface area contributed by atoms with Crippen LogP contribution in [0.2, 0.25) is 0 Å². The minimum Gasteiger partial charge on any atom is -0.315 e. The highest BCUT2D eigenvalue weighted by molar-refractivity contribution is 6.20. The molecule has 0 atom stereocenters. The van der Waals surface area contributed by atoms with Gasteiger partial charge in [0.05, 0.1) is 5.69 Å². The lowest BCUT2D eigenvalue weighted by Gasteiger charge is -2.20. The number of nitrogens with zero attached hydrogens (tertiary/aromatic N) is 2. The van der Waals surface area contributed by atoms with Crippen LogP contribution in [-0.2, 0) is 4.79 Å². The van der Waals surface area contributed by atoms with Crippen LogP contribution in [0.4, 0.5) is 10.5 Å². The van der Waals surface area contributed by atoms with Gasteiger partial charge in [-0.2, -0.15) is 0 Å². The summed E-state index contributed by atoms with van der Waals surface area (Å²) in [7, 11) is 0. The minimum atomic E-state index is -0.193. The summed E-state index contributed by atoms with van der Waals surface area (Å²) in [6.07, 6.45) is 0.860. The van der Waals surface area contributed by atoms with Gasteiger partial charge in [-0.15, -0.1) is 0 Å². The van der Waals surface area contributed by atoms with Crippen molar-refractivity contribution in [2.75, 3.05) is 18.0 Å². The second-order valence-electron chi connectivity index (χ2n) is 5.18. The molecule has 0 bridgehead atoms. The smallest absolute Gasteiger partial charge is 0.315 e. The number of urea groups is 1. The van der Waals surface area contributed by atoms with Gasteiger partial charge in [0.1, 0.15) is 6.54 Å². The van der Waals surface area contributed by atoms with E-state index in [4.69, 9.17) is 0 Å². The van der Waals surface area contributed by atoms with E-state index in [0.29, 0.717) is 6.54 Å². The quantitative estimate of drug-likeness (QED) is 0.784. The molecule has 19 heavy (non-hydrogen) atoms. The highest BCUT2D eigenvalue weighted by Gasteiger charge is 2.37. The van der Waals surface area contributed by atoms with Gasteiger partial charge >= 0.3 is 6.03 Å². The third-order valence-electron chi connectivity index (χ3n) is 3.39. The summed E-state index contributed by atoms with van der Waals surface area (Å²) in [5.74, 6) is -0.131. The summed E-state index contributed by atoms with van der Waals surface area (Å²) in [6, 6.07) is 3.82. The Morgan fingerprint density at radius 1 is 1.11 bits per heavy atom. The van der Waals surface area contributed by atoms with Crippen LogP contribution in [-0.4, -0.2) is 29.9 Å². The van der Waals surface area contributed by atoms with E-state index in [2.05, 4.69) is 0 Å². The average molecular weight is 260 g/mol.